The summed E-state index contributed by atoms with van der Waals surface area (Å²) in [4.78, 5) is 24.5. The van der Waals surface area contributed by atoms with E-state index in [4.69, 9.17) is 16.3 Å². The third-order valence-electron chi connectivity index (χ3n) is 4.43. The smallest absolute Gasteiger partial charge is 0.341 e. The number of anilines is 4. The van der Waals surface area contributed by atoms with Gasteiger partial charge in [-0.1, -0.05) is 17.7 Å². The molecule has 12 heteroatoms. The van der Waals surface area contributed by atoms with Crippen LogP contribution in [0.5, 0.6) is 5.75 Å². The van der Waals surface area contributed by atoms with Crippen molar-refractivity contribution in [2.45, 2.75) is 0 Å². The molecule has 4 rings (SSSR count). The number of carbonyl (C=O) groups is 1. The first-order valence-corrected chi connectivity index (χ1v) is 9.75. The van der Waals surface area contributed by atoms with Crippen LogP contribution in [0.1, 0.15) is 10.4 Å². The van der Waals surface area contributed by atoms with Crippen LogP contribution in [0.3, 0.4) is 0 Å². The van der Waals surface area contributed by atoms with Gasteiger partial charge in [0.15, 0.2) is 17.4 Å². The van der Waals surface area contributed by atoms with E-state index in [1.54, 1.807) is 54.5 Å². The van der Waals surface area contributed by atoms with E-state index >= 15 is 0 Å². The predicted molar refractivity (Wildman–Crippen MR) is 126 cm³/mol. The maximum Gasteiger partial charge on any atom is 0.341 e. The second kappa shape index (κ2) is 10.4. The van der Waals surface area contributed by atoms with Gasteiger partial charge in [0.05, 0.1) is 18.4 Å². The van der Waals surface area contributed by atoms with Gasteiger partial charge in [-0.25, -0.2) is 14.8 Å². The molecule has 0 atom stereocenters. The van der Waals surface area contributed by atoms with Gasteiger partial charge in [-0.15, -0.1) is 0 Å². The summed E-state index contributed by atoms with van der Waals surface area (Å²) in [6.07, 6.45) is 2.81. The Labute approximate surface area is 206 Å². The SMILES string of the molecule is COc1c(Nc2nc(Nc3ccc(Cl)cc3)ncc2C(=O)O)cccc1-c1ncn(C)n1.[Li]. The van der Waals surface area contributed by atoms with Gasteiger partial charge in [0, 0.05) is 42.8 Å². The summed E-state index contributed by atoms with van der Waals surface area (Å²) < 4.78 is 7.16. The fraction of sp³-hybridized carbons (Fsp3) is 0.0952. The summed E-state index contributed by atoms with van der Waals surface area (Å²) in [6.45, 7) is 0. The van der Waals surface area contributed by atoms with E-state index in [0.29, 0.717) is 33.5 Å². The van der Waals surface area contributed by atoms with Crippen molar-refractivity contribution in [1.82, 2.24) is 24.7 Å². The standard InChI is InChI=1S/C21H18ClN7O3.Li/c1-29-11-24-18(28-29)14-4-3-5-16(17(14)32-2)26-19-15(20(30)31)10-23-21(27-19)25-13-8-6-12(22)7-9-13;/h3-11H,1-2H3,(H,30,31)(H2,23,25,26,27);. The second-order valence-corrected chi connectivity index (χ2v) is 7.08. The monoisotopic (exact) mass is 458 g/mol. The van der Waals surface area contributed by atoms with Crippen molar-refractivity contribution >= 4 is 59.6 Å². The number of carboxylic acids is 1. The molecule has 0 unspecified atom stereocenters. The number of rotatable bonds is 7. The normalized spacial score (nSPS) is 10.3. The molecule has 33 heavy (non-hydrogen) atoms. The van der Waals surface area contributed by atoms with Crippen molar-refractivity contribution in [3.05, 3.63) is 65.6 Å². The van der Waals surface area contributed by atoms with E-state index < -0.39 is 5.97 Å². The average molecular weight is 459 g/mol. The van der Waals surface area contributed by atoms with Crippen molar-refractivity contribution in [2.75, 3.05) is 17.7 Å². The molecule has 0 fully saturated rings. The molecule has 163 valence electrons. The zero-order valence-corrected chi connectivity index (χ0v) is 18.8. The van der Waals surface area contributed by atoms with Gasteiger partial charge in [-0.3, -0.25) is 4.68 Å². The molecule has 0 saturated heterocycles. The van der Waals surface area contributed by atoms with Gasteiger partial charge >= 0.3 is 5.97 Å². The quantitative estimate of drug-likeness (QED) is 0.355. The van der Waals surface area contributed by atoms with Crippen molar-refractivity contribution < 1.29 is 14.6 Å². The number of aromatic carboxylic acids is 1. The molecule has 0 spiro atoms. The number of nitrogens with one attached hydrogen (secondary N) is 2. The molecule has 2 aromatic carbocycles. The summed E-state index contributed by atoms with van der Waals surface area (Å²) in [7, 11) is 3.28. The topological polar surface area (TPSA) is 127 Å². The van der Waals surface area contributed by atoms with Crippen LogP contribution < -0.4 is 15.4 Å². The predicted octanol–water partition coefficient (Wildman–Crippen LogP) is 3.74. The first kappa shape index (κ1) is 24.1. The summed E-state index contributed by atoms with van der Waals surface area (Å²) in [5.41, 5.74) is 1.74. The third-order valence-corrected chi connectivity index (χ3v) is 4.68. The summed E-state index contributed by atoms with van der Waals surface area (Å²) >= 11 is 5.92. The molecule has 0 aliphatic carbocycles. The van der Waals surface area contributed by atoms with Crippen LogP contribution in [-0.4, -0.2) is 61.8 Å². The minimum Gasteiger partial charge on any atom is -0.494 e. The van der Waals surface area contributed by atoms with Crippen LogP contribution in [0.2, 0.25) is 5.02 Å². The molecule has 0 aliphatic rings. The molecular formula is C21H18ClLiN7O3. The van der Waals surface area contributed by atoms with Gasteiger partial charge in [-0.2, -0.15) is 10.1 Å². The maximum absolute atomic E-state index is 11.8. The number of carboxylic acid groups (broad SMARTS) is 1. The van der Waals surface area contributed by atoms with Crippen LogP contribution in [0.25, 0.3) is 11.4 Å². The second-order valence-electron chi connectivity index (χ2n) is 6.65. The van der Waals surface area contributed by atoms with Crippen LogP contribution in [0.4, 0.5) is 23.1 Å². The summed E-state index contributed by atoms with van der Waals surface area (Å²) in [6, 6.07) is 12.3. The van der Waals surface area contributed by atoms with Crippen LogP contribution in [0.15, 0.2) is 55.0 Å². The number of hydrogen-bond acceptors (Lipinski definition) is 8. The molecule has 10 nitrogen and oxygen atoms in total. The fourth-order valence-electron chi connectivity index (χ4n) is 2.98. The fourth-order valence-corrected chi connectivity index (χ4v) is 3.10. The largest absolute Gasteiger partial charge is 0.494 e. The number of para-hydroxylation sites is 1. The third kappa shape index (κ3) is 5.43. The maximum atomic E-state index is 11.8. The first-order chi connectivity index (χ1) is 15.4. The van der Waals surface area contributed by atoms with Gasteiger partial charge in [-0.05, 0) is 36.4 Å². The number of nitrogens with zero attached hydrogens (tertiary/aromatic N) is 5. The van der Waals surface area contributed by atoms with Crippen molar-refractivity contribution in [2.24, 2.45) is 7.05 Å². The molecule has 2 heterocycles. The van der Waals surface area contributed by atoms with Crippen LogP contribution >= 0.6 is 11.6 Å². The van der Waals surface area contributed by atoms with Crippen LogP contribution in [-0.2, 0) is 7.05 Å². The van der Waals surface area contributed by atoms with Gasteiger partial charge in [0.2, 0.25) is 5.95 Å². The minimum absolute atomic E-state index is 0. The number of aryl methyl sites for hydroxylation is 1. The number of methoxy groups -OCH3 is 1. The number of ether oxygens (including phenoxy) is 1. The van der Waals surface area contributed by atoms with E-state index in [1.165, 1.54) is 13.3 Å². The Kier molecular flexibility index (Phi) is 7.55. The minimum atomic E-state index is -1.17. The zero-order valence-electron chi connectivity index (χ0n) is 18.1. The van der Waals surface area contributed by atoms with E-state index in [-0.39, 0.29) is 36.2 Å². The number of benzene rings is 2. The van der Waals surface area contributed by atoms with Crippen molar-refractivity contribution in [3.8, 4) is 17.1 Å². The van der Waals surface area contributed by atoms with Gasteiger partial charge in [0.1, 0.15) is 11.9 Å². The first-order valence-electron chi connectivity index (χ1n) is 9.37. The van der Waals surface area contributed by atoms with E-state index in [0.717, 1.165) is 0 Å². The van der Waals surface area contributed by atoms with E-state index in [1.807, 2.05) is 6.07 Å². The Hall–Kier alpha value is -3.58. The molecule has 1 radical (unpaired) electrons. The Morgan fingerprint density at radius 3 is 2.52 bits per heavy atom. The molecule has 0 bridgehead atoms. The molecule has 2 aromatic heterocycles. The summed E-state index contributed by atoms with van der Waals surface area (Å²) in [5, 5.41) is 20.6. The Morgan fingerprint density at radius 1 is 1.12 bits per heavy atom. The molecule has 0 aliphatic heterocycles. The number of halogens is 1. The number of hydrogen-bond donors (Lipinski definition) is 3. The Bertz CT molecular complexity index is 1280. The van der Waals surface area contributed by atoms with E-state index in [2.05, 4.69) is 30.7 Å². The number of aromatic nitrogens is 5. The van der Waals surface area contributed by atoms with Crippen molar-refractivity contribution in [1.29, 1.82) is 0 Å². The molecular weight excluding hydrogens is 441 g/mol. The molecule has 0 saturated carbocycles. The Balaban J connectivity index is 0.00000306. The van der Waals surface area contributed by atoms with Crippen molar-refractivity contribution in [3.63, 3.8) is 0 Å². The van der Waals surface area contributed by atoms with Gasteiger partial charge < -0.3 is 20.5 Å². The Morgan fingerprint density at radius 2 is 1.88 bits per heavy atom. The zero-order chi connectivity index (χ0) is 22.7. The van der Waals surface area contributed by atoms with E-state index in [9.17, 15) is 9.90 Å². The molecule has 0 amide bonds. The molecule has 3 N–H and O–H groups in total. The average Bonchev–Trinajstić information content (AvgIpc) is 3.21. The summed E-state index contributed by atoms with van der Waals surface area (Å²) in [5.74, 6) is 0.0434. The molecule has 4 aromatic rings. The van der Waals surface area contributed by atoms with Gasteiger partial charge in [0.25, 0.3) is 0 Å². The van der Waals surface area contributed by atoms with Crippen LogP contribution in [0, 0.1) is 0 Å².